The lowest BCUT2D eigenvalue weighted by Gasteiger charge is -2.22. The van der Waals surface area contributed by atoms with Crippen molar-refractivity contribution in [2.75, 3.05) is 31.5 Å². The molecule has 1 N–H and O–H groups in total. The fourth-order valence-electron chi connectivity index (χ4n) is 2.68. The molecule has 1 aromatic rings. The monoisotopic (exact) mass is 244 g/mol. The average Bonchev–Trinajstić information content (AvgIpc) is 2.77. The van der Waals surface area contributed by atoms with Crippen LogP contribution in [0.1, 0.15) is 31.7 Å². The van der Waals surface area contributed by atoms with Crippen molar-refractivity contribution in [3.05, 3.63) is 42.0 Å². The Morgan fingerprint density at radius 1 is 1.44 bits per heavy atom. The van der Waals surface area contributed by atoms with Crippen molar-refractivity contribution in [2.24, 2.45) is 0 Å². The van der Waals surface area contributed by atoms with E-state index in [0.29, 0.717) is 5.92 Å². The quantitative estimate of drug-likeness (QED) is 0.771. The molecule has 1 atom stereocenters. The molecule has 98 valence electrons. The van der Waals surface area contributed by atoms with Crippen LogP contribution in [0.4, 0.5) is 5.69 Å². The van der Waals surface area contributed by atoms with E-state index in [-0.39, 0.29) is 0 Å². The first-order valence-electron chi connectivity index (χ1n) is 6.90. The van der Waals surface area contributed by atoms with Crippen LogP contribution in [-0.2, 0) is 0 Å². The molecule has 0 saturated heterocycles. The number of nitrogens with one attached hydrogen (secondary N) is 1. The molecule has 0 radical (unpaired) electrons. The molecule has 18 heavy (non-hydrogen) atoms. The molecule has 1 aliphatic rings. The molecule has 1 aromatic carbocycles. The molecular formula is C16H24N2. The third-order valence-electron chi connectivity index (χ3n) is 3.67. The summed E-state index contributed by atoms with van der Waals surface area (Å²) in [4.78, 5) is 2.48. The number of nitrogens with zero attached hydrogens (tertiary/aromatic N) is 1. The van der Waals surface area contributed by atoms with Gasteiger partial charge >= 0.3 is 0 Å². The number of hydrogen-bond donors (Lipinski definition) is 1. The van der Waals surface area contributed by atoms with E-state index in [9.17, 15) is 0 Å². The Labute approximate surface area is 111 Å². The summed E-state index contributed by atoms with van der Waals surface area (Å²) in [5.74, 6) is 0.667. The zero-order chi connectivity index (χ0) is 13.0. The van der Waals surface area contributed by atoms with Gasteiger partial charge in [-0.2, -0.15) is 0 Å². The van der Waals surface area contributed by atoms with Gasteiger partial charge in [-0.25, -0.2) is 0 Å². The molecule has 0 aromatic heterocycles. The highest BCUT2D eigenvalue weighted by Gasteiger charge is 2.21. The van der Waals surface area contributed by atoms with Crippen LogP contribution in [0, 0.1) is 0 Å². The van der Waals surface area contributed by atoms with Crippen molar-refractivity contribution in [1.29, 1.82) is 0 Å². The van der Waals surface area contributed by atoms with Gasteiger partial charge < -0.3 is 5.32 Å². The summed E-state index contributed by atoms with van der Waals surface area (Å²) in [5, 5.41) is 3.50. The van der Waals surface area contributed by atoms with Crippen LogP contribution in [0.2, 0.25) is 0 Å². The number of rotatable bonds is 6. The van der Waals surface area contributed by atoms with E-state index >= 15 is 0 Å². The predicted octanol–water partition coefficient (Wildman–Crippen LogP) is 3.48. The summed E-state index contributed by atoms with van der Waals surface area (Å²) in [6.07, 6.45) is 1.23. The molecule has 0 saturated carbocycles. The van der Waals surface area contributed by atoms with E-state index in [1.807, 2.05) is 0 Å². The molecule has 0 spiro atoms. The Kier molecular flexibility index (Phi) is 4.43. The summed E-state index contributed by atoms with van der Waals surface area (Å²) in [6.45, 7) is 12.7. The summed E-state index contributed by atoms with van der Waals surface area (Å²) >= 11 is 0. The second kappa shape index (κ2) is 6.05. The smallest absolute Gasteiger partial charge is 0.0376 e. The summed E-state index contributed by atoms with van der Waals surface area (Å²) < 4.78 is 0. The molecule has 0 amide bonds. The van der Waals surface area contributed by atoms with Gasteiger partial charge in [0.2, 0.25) is 0 Å². The Hall–Kier alpha value is -1.28. The maximum Gasteiger partial charge on any atom is 0.0376 e. The third-order valence-corrected chi connectivity index (χ3v) is 3.67. The lowest BCUT2D eigenvalue weighted by Crippen LogP contribution is -2.27. The lowest BCUT2D eigenvalue weighted by atomic mass is 9.97. The minimum Gasteiger partial charge on any atom is -0.384 e. The van der Waals surface area contributed by atoms with Crippen LogP contribution in [-0.4, -0.2) is 31.1 Å². The summed E-state index contributed by atoms with van der Waals surface area (Å²) in [6, 6.07) is 8.69. The Morgan fingerprint density at radius 2 is 2.22 bits per heavy atom. The van der Waals surface area contributed by atoms with E-state index in [1.165, 1.54) is 23.2 Å². The van der Waals surface area contributed by atoms with E-state index in [0.717, 1.165) is 26.2 Å². The van der Waals surface area contributed by atoms with E-state index < -0.39 is 0 Å². The number of para-hydroxylation sites is 1. The summed E-state index contributed by atoms with van der Waals surface area (Å²) in [7, 11) is 0. The molecule has 2 nitrogen and oxygen atoms in total. The Balaban J connectivity index is 1.90. The molecule has 2 heteroatoms. The molecule has 0 bridgehead atoms. The van der Waals surface area contributed by atoms with Crippen LogP contribution < -0.4 is 5.32 Å². The first-order chi connectivity index (χ1) is 8.70. The molecular weight excluding hydrogens is 220 g/mol. The van der Waals surface area contributed by atoms with Crippen LogP contribution in [0.3, 0.4) is 0 Å². The first kappa shape index (κ1) is 13.2. The average molecular weight is 244 g/mol. The molecule has 1 aliphatic heterocycles. The van der Waals surface area contributed by atoms with Gasteiger partial charge in [-0.1, -0.05) is 37.3 Å². The maximum absolute atomic E-state index is 4.00. The van der Waals surface area contributed by atoms with Crippen LogP contribution in [0.15, 0.2) is 36.4 Å². The fraction of sp³-hybridized carbons (Fsp3) is 0.500. The highest BCUT2D eigenvalue weighted by molar-refractivity contribution is 5.57. The van der Waals surface area contributed by atoms with Gasteiger partial charge in [0.1, 0.15) is 0 Å². The van der Waals surface area contributed by atoms with Gasteiger partial charge in [-0.05, 0) is 38.1 Å². The van der Waals surface area contributed by atoms with Gasteiger partial charge in [-0.3, -0.25) is 4.90 Å². The molecule has 0 aliphatic carbocycles. The van der Waals surface area contributed by atoms with Crippen LogP contribution >= 0.6 is 0 Å². The molecule has 2 rings (SSSR count). The summed E-state index contributed by atoms with van der Waals surface area (Å²) in [5.41, 5.74) is 4.07. The SMILES string of the molecule is C=C(C)CN(CC)CCC1CNc2ccccc21. The van der Waals surface area contributed by atoms with Crippen LogP contribution in [0.5, 0.6) is 0 Å². The largest absolute Gasteiger partial charge is 0.384 e. The van der Waals surface area contributed by atoms with E-state index in [4.69, 9.17) is 0 Å². The second-order valence-corrected chi connectivity index (χ2v) is 5.28. The standard InChI is InChI=1S/C16H24N2/c1-4-18(12-13(2)3)10-9-14-11-17-16-8-6-5-7-15(14)16/h5-8,14,17H,2,4,9-12H2,1,3H3. The van der Waals surface area contributed by atoms with Gasteiger partial charge in [-0.15, -0.1) is 0 Å². The minimum absolute atomic E-state index is 0.667. The zero-order valence-electron chi connectivity index (χ0n) is 11.6. The van der Waals surface area contributed by atoms with Crippen molar-refractivity contribution in [1.82, 2.24) is 4.90 Å². The van der Waals surface area contributed by atoms with Crippen LogP contribution in [0.25, 0.3) is 0 Å². The number of fused-ring (bicyclic) bond motifs is 1. The zero-order valence-corrected chi connectivity index (χ0v) is 11.6. The van der Waals surface area contributed by atoms with E-state index in [2.05, 4.69) is 54.9 Å². The van der Waals surface area contributed by atoms with Crippen molar-refractivity contribution in [2.45, 2.75) is 26.2 Å². The number of anilines is 1. The van der Waals surface area contributed by atoms with Crippen molar-refractivity contribution in [3.8, 4) is 0 Å². The van der Waals surface area contributed by atoms with Gasteiger partial charge in [0, 0.05) is 24.7 Å². The predicted molar refractivity (Wildman–Crippen MR) is 79.2 cm³/mol. The highest BCUT2D eigenvalue weighted by Crippen LogP contribution is 2.33. The Morgan fingerprint density at radius 3 is 2.94 bits per heavy atom. The molecule has 1 heterocycles. The van der Waals surface area contributed by atoms with Crippen molar-refractivity contribution >= 4 is 5.69 Å². The number of benzene rings is 1. The number of likely N-dealkylation sites (N-methyl/N-ethyl adjacent to an activating group) is 1. The number of hydrogen-bond acceptors (Lipinski definition) is 2. The van der Waals surface area contributed by atoms with Gasteiger partial charge in [0.05, 0.1) is 0 Å². The topological polar surface area (TPSA) is 15.3 Å². The van der Waals surface area contributed by atoms with Gasteiger partial charge in [0.25, 0.3) is 0 Å². The molecule has 0 fully saturated rings. The molecule has 1 unspecified atom stereocenters. The third kappa shape index (κ3) is 3.14. The Bertz CT molecular complexity index is 411. The van der Waals surface area contributed by atoms with E-state index in [1.54, 1.807) is 0 Å². The minimum atomic E-state index is 0.667. The fourth-order valence-corrected chi connectivity index (χ4v) is 2.68. The highest BCUT2D eigenvalue weighted by atomic mass is 15.1. The lowest BCUT2D eigenvalue weighted by molar-refractivity contribution is 0.300. The normalized spacial score (nSPS) is 17.6. The van der Waals surface area contributed by atoms with Crippen molar-refractivity contribution < 1.29 is 0 Å². The van der Waals surface area contributed by atoms with Crippen molar-refractivity contribution in [3.63, 3.8) is 0 Å². The first-order valence-corrected chi connectivity index (χ1v) is 6.90. The van der Waals surface area contributed by atoms with Gasteiger partial charge in [0.15, 0.2) is 0 Å². The maximum atomic E-state index is 4.00. The second-order valence-electron chi connectivity index (χ2n) is 5.28.